The van der Waals surface area contributed by atoms with Crippen LogP contribution >= 0.6 is 0 Å². The maximum Gasteiger partial charge on any atom is 0.248 e. The van der Waals surface area contributed by atoms with Gasteiger partial charge in [0.05, 0.1) is 10.9 Å². The van der Waals surface area contributed by atoms with Gasteiger partial charge in [-0.3, -0.25) is 4.79 Å². The molecular formula is C22H25F3N6O2. The first-order valence-electron chi connectivity index (χ1n) is 10.8. The summed E-state index contributed by atoms with van der Waals surface area (Å²) in [6, 6.07) is 0.814. The van der Waals surface area contributed by atoms with Gasteiger partial charge in [-0.25, -0.2) is 28.1 Å². The summed E-state index contributed by atoms with van der Waals surface area (Å²) in [5.41, 5.74) is 0.822. The zero-order chi connectivity index (χ0) is 23.4. The van der Waals surface area contributed by atoms with Crippen molar-refractivity contribution in [1.29, 1.82) is 0 Å². The molecule has 3 heterocycles. The lowest BCUT2D eigenvalue weighted by Gasteiger charge is -2.29. The number of anilines is 2. The lowest BCUT2D eigenvalue weighted by Crippen LogP contribution is -2.32. The number of pyridine rings is 1. The minimum absolute atomic E-state index is 0.0514. The molecule has 8 nitrogen and oxygen atoms in total. The molecule has 0 aliphatic heterocycles. The first kappa shape index (κ1) is 23.0. The number of carbonyl (C=O) groups is 1. The number of fused-ring (bicyclic) bond motifs is 1. The van der Waals surface area contributed by atoms with Crippen molar-refractivity contribution in [1.82, 2.24) is 19.9 Å². The predicted octanol–water partition coefficient (Wildman–Crippen LogP) is 4.16. The SMILES string of the molecule is COCCCNc1ncnc2[nH]cc(C(=O)c3cnc(NC4CCC(F)(F)CC4)c(F)c3)c12. The van der Waals surface area contributed by atoms with E-state index >= 15 is 0 Å². The van der Waals surface area contributed by atoms with Crippen LogP contribution in [0.2, 0.25) is 0 Å². The van der Waals surface area contributed by atoms with Gasteiger partial charge in [0, 0.05) is 57.1 Å². The molecule has 3 aromatic heterocycles. The number of carbonyl (C=O) groups excluding carboxylic acids is 1. The van der Waals surface area contributed by atoms with E-state index in [0.717, 1.165) is 12.5 Å². The van der Waals surface area contributed by atoms with Gasteiger partial charge in [0.25, 0.3) is 0 Å². The first-order chi connectivity index (χ1) is 15.9. The van der Waals surface area contributed by atoms with Gasteiger partial charge < -0.3 is 20.4 Å². The number of rotatable bonds is 9. The highest BCUT2D eigenvalue weighted by Gasteiger charge is 2.35. The first-order valence-corrected chi connectivity index (χ1v) is 10.8. The number of aromatic nitrogens is 4. The molecule has 1 aliphatic carbocycles. The lowest BCUT2D eigenvalue weighted by molar-refractivity contribution is -0.0361. The summed E-state index contributed by atoms with van der Waals surface area (Å²) >= 11 is 0. The highest BCUT2D eigenvalue weighted by atomic mass is 19.3. The van der Waals surface area contributed by atoms with Crippen LogP contribution in [-0.4, -0.2) is 57.9 Å². The highest BCUT2D eigenvalue weighted by molar-refractivity contribution is 6.17. The number of aromatic amines is 1. The van der Waals surface area contributed by atoms with Crippen molar-refractivity contribution in [3.05, 3.63) is 41.7 Å². The summed E-state index contributed by atoms with van der Waals surface area (Å²) in [5.74, 6) is -3.38. The van der Waals surface area contributed by atoms with Crippen LogP contribution < -0.4 is 10.6 Å². The summed E-state index contributed by atoms with van der Waals surface area (Å²) in [5, 5.41) is 6.56. The van der Waals surface area contributed by atoms with Gasteiger partial charge >= 0.3 is 0 Å². The highest BCUT2D eigenvalue weighted by Crippen LogP contribution is 2.34. The molecule has 1 aliphatic rings. The van der Waals surface area contributed by atoms with Crippen molar-refractivity contribution in [2.75, 3.05) is 30.9 Å². The molecule has 3 aromatic rings. The molecule has 0 spiro atoms. The third-order valence-corrected chi connectivity index (χ3v) is 5.69. The topological polar surface area (TPSA) is 105 Å². The molecule has 0 bridgehead atoms. The number of hydrogen-bond donors (Lipinski definition) is 3. The van der Waals surface area contributed by atoms with Gasteiger partial charge in [-0.05, 0) is 25.3 Å². The van der Waals surface area contributed by atoms with Gasteiger partial charge in [-0.15, -0.1) is 0 Å². The predicted molar refractivity (Wildman–Crippen MR) is 117 cm³/mol. The van der Waals surface area contributed by atoms with Crippen LogP contribution in [0.1, 0.15) is 48.0 Å². The van der Waals surface area contributed by atoms with E-state index in [1.54, 1.807) is 7.11 Å². The van der Waals surface area contributed by atoms with Crippen molar-refractivity contribution in [2.24, 2.45) is 0 Å². The van der Waals surface area contributed by atoms with Crippen LogP contribution in [0.4, 0.5) is 24.8 Å². The van der Waals surface area contributed by atoms with E-state index < -0.39 is 17.5 Å². The maximum atomic E-state index is 14.7. The zero-order valence-corrected chi connectivity index (χ0v) is 18.1. The van der Waals surface area contributed by atoms with Crippen LogP contribution in [0, 0.1) is 5.82 Å². The average molecular weight is 462 g/mol. The Balaban J connectivity index is 1.52. The second kappa shape index (κ2) is 9.74. The Hall–Kier alpha value is -3.21. The van der Waals surface area contributed by atoms with Gasteiger partial charge in [0.1, 0.15) is 17.8 Å². The molecule has 0 aromatic carbocycles. The fourth-order valence-corrected chi connectivity index (χ4v) is 3.90. The van der Waals surface area contributed by atoms with Crippen molar-refractivity contribution in [2.45, 2.75) is 44.1 Å². The van der Waals surface area contributed by atoms with Crippen molar-refractivity contribution in [3.63, 3.8) is 0 Å². The second-order valence-electron chi connectivity index (χ2n) is 8.08. The maximum absolute atomic E-state index is 14.7. The molecule has 1 saturated carbocycles. The van der Waals surface area contributed by atoms with Crippen LogP contribution in [-0.2, 0) is 4.74 Å². The normalized spacial score (nSPS) is 16.1. The lowest BCUT2D eigenvalue weighted by atomic mass is 9.92. The van der Waals surface area contributed by atoms with Gasteiger partial charge in [-0.2, -0.15) is 0 Å². The Morgan fingerprint density at radius 3 is 2.76 bits per heavy atom. The number of methoxy groups -OCH3 is 1. The fraction of sp³-hybridized carbons (Fsp3) is 0.455. The largest absolute Gasteiger partial charge is 0.385 e. The summed E-state index contributed by atoms with van der Waals surface area (Å²) in [6.07, 6.45) is 4.88. The minimum atomic E-state index is -2.67. The molecule has 0 radical (unpaired) electrons. The van der Waals surface area contributed by atoms with Crippen LogP contribution in [0.3, 0.4) is 0 Å². The van der Waals surface area contributed by atoms with Gasteiger partial charge in [-0.1, -0.05) is 0 Å². The Labute approximate surface area is 188 Å². The smallest absolute Gasteiger partial charge is 0.248 e. The van der Waals surface area contributed by atoms with E-state index in [0.29, 0.717) is 30.0 Å². The number of nitrogens with zero attached hydrogens (tertiary/aromatic N) is 3. The summed E-state index contributed by atoms with van der Waals surface area (Å²) in [6.45, 7) is 1.16. The number of nitrogens with one attached hydrogen (secondary N) is 3. The average Bonchev–Trinajstić information content (AvgIpc) is 3.24. The molecule has 3 N–H and O–H groups in total. The standard InChI is InChI=1S/C22H25F3N6O2/c1-33-8-2-7-26-20-17-15(11-28-21(17)30-12-29-20)18(32)13-9-16(23)19(27-10-13)31-14-3-5-22(24,25)6-4-14/h9-12,14H,2-8H2,1H3,(H,27,31)(H2,26,28,29,30). The Kier molecular flexibility index (Phi) is 6.77. The molecule has 0 atom stereocenters. The van der Waals surface area contributed by atoms with E-state index in [2.05, 4.69) is 30.6 Å². The number of alkyl halides is 2. The van der Waals surface area contributed by atoms with E-state index in [-0.39, 0.29) is 48.7 Å². The Morgan fingerprint density at radius 1 is 1.24 bits per heavy atom. The van der Waals surface area contributed by atoms with E-state index in [4.69, 9.17) is 4.74 Å². The number of H-pyrrole nitrogens is 1. The zero-order valence-electron chi connectivity index (χ0n) is 18.1. The van der Waals surface area contributed by atoms with Crippen molar-refractivity contribution in [3.8, 4) is 0 Å². The fourth-order valence-electron chi connectivity index (χ4n) is 3.90. The van der Waals surface area contributed by atoms with E-state index in [1.165, 1.54) is 18.7 Å². The van der Waals surface area contributed by atoms with Crippen molar-refractivity contribution < 1.29 is 22.7 Å². The van der Waals surface area contributed by atoms with Gasteiger partial charge in [0.2, 0.25) is 5.92 Å². The third kappa shape index (κ3) is 5.24. The molecule has 176 valence electrons. The quantitative estimate of drug-likeness (QED) is 0.324. The minimum Gasteiger partial charge on any atom is -0.385 e. The van der Waals surface area contributed by atoms with E-state index in [1.807, 2.05) is 0 Å². The number of halogens is 3. The monoisotopic (exact) mass is 462 g/mol. The van der Waals surface area contributed by atoms with Crippen molar-refractivity contribution >= 4 is 28.5 Å². The number of ether oxygens (including phenoxy) is 1. The molecule has 33 heavy (non-hydrogen) atoms. The Morgan fingerprint density at radius 2 is 2.03 bits per heavy atom. The van der Waals surface area contributed by atoms with Crippen LogP contribution in [0.15, 0.2) is 24.8 Å². The summed E-state index contributed by atoms with van der Waals surface area (Å²) < 4.78 is 46.4. The molecule has 0 unspecified atom stereocenters. The van der Waals surface area contributed by atoms with Crippen LogP contribution in [0.25, 0.3) is 11.0 Å². The molecular weight excluding hydrogens is 437 g/mol. The molecule has 4 rings (SSSR count). The Bertz CT molecular complexity index is 1130. The number of ketones is 1. The molecule has 0 amide bonds. The molecule has 0 saturated heterocycles. The summed E-state index contributed by atoms with van der Waals surface area (Å²) in [7, 11) is 1.62. The second-order valence-corrected chi connectivity index (χ2v) is 8.08. The summed E-state index contributed by atoms with van der Waals surface area (Å²) in [4.78, 5) is 28.5. The molecule has 11 heteroatoms. The van der Waals surface area contributed by atoms with E-state index in [9.17, 15) is 18.0 Å². The van der Waals surface area contributed by atoms with Crippen LogP contribution in [0.5, 0.6) is 0 Å². The molecule has 1 fully saturated rings. The van der Waals surface area contributed by atoms with Gasteiger partial charge in [0.15, 0.2) is 17.4 Å². The number of hydrogen-bond acceptors (Lipinski definition) is 7. The third-order valence-electron chi connectivity index (χ3n) is 5.69.